The predicted octanol–water partition coefficient (Wildman–Crippen LogP) is 1.88. The Morgan fingerprint density at radius 1 is 1.25 bits per heavy atom. The summed E-state index contributed by atoms with van der Waals surface area (Å²) in [6.45, 7) is 0.831. The molecule has 1 saturated heterocycles. The maximum Gasteiger partial charge on any atom is 0.306 e. The summed E-state index contributed by atoms with van der Waals surface area (Å²) in [6.07, 6.45) is 2.54. The minimum atomic E-state index is -3.75. The van der Waals surface area contributed by atoms with E-state index in [0.717, 1.165) is 37.5 Å². The molecular weight excluding hydrogens is 289 g/mol. The second-order valence-corrected chi connectivity index (χ2v) is 6.16. The number of halogens is 1. The molecule has 0 radical (unpaired) electrons. The summed E-state index contributed by atoms with van der Waals surface area (Å²) < 4.78 is 40.8. The molecule has 1 heterocycles. The third-order valence-corrected chi connectivity index (χ3v) is 4.58. The van der Waals surface area contributed by atoms with Crippen LogP contribution in [0.5, 0.6) is 0 Å². The SMILES string of the molecule is O=[N+]([O-])c1cc(NS(=O)(=O)N2CCCCC2)ccc1F. The van der Waals surface area contributed by atoms with E-state index in [9.17, 15) is 22.9 Å². The third kappa shape index (κ3) is 3.23. The van der Waals surface area contributed by atoms with Crippen LogP contribution in [0.2, 0.25) is 0 Å². The Balaban J connectivity index is 2.20. The summed E-state index contributed by atoms with van der Waals surface area (Å²) >= 11 is 0. The van der Waals surface area contributed by atoms with Gasteiger partial charge in [-0.2, -0.15) is 17.1 Å². The zero-order valence-corrected chi connectivity index (χ0v) is 11.4. The number of nitro groups is 1. The Bertz CT molecular complexity index is 614. The molecule has 0 amide bonds. The van der Waals surface area contributed by atoms with Gasteiger partial charge < -0.3 is 0 Å². The molecule has 2 rings (SSSR count). The minimum Gasteiger partial charge on any atom is -0.271 e. The van der Waals surface area contributed by atoms with Crippen LogP contribution in [0.4, 0.5) is 15.8 Å². The highest BCUT2D eigenvalue weighted by atomic mass is 32.2. The predicted molar refractivity (Wildman–Crippen MR) is 71.0 cm³/mol. The van der Waals surface area contributed by atoms with Crippen LogP contribution >= 0.6 is 0 Å². The molecule has 1 fully saturated rings. The lowest BCUT2D eigenvalue weighted by Gasteiger charge is -2.26. The highest BCUT2D eigenvalue weighted by Crippen LogP contribution is 2.23. The first-order valence-electron chi connectivity index (χ1n) is 6.12. The first-order valence-corrected chi connectivity index (χ1v) is 7.56. The van der Waals surface area contributed by atoms with Gasteiger partial charge >= 0.3 is 15.9 Å². The lowest BCUT2D eigenvalue weighted by atomic mass is 10.2. The van der Waals surface area contributed by atoms with Gasteiger partial charge in [0.15, 0.2) is 0 Å². The van der Waals surface area contributed by atoms with Gasteiger partial charge in [-0.05, 0) is 25.0 Å². The number of nitro benzene ring substituents is 1. The van der Waals surface area contributed by atoms with Gasteiger partial charge in [-0.3, -0.25) is 14.8 Å². The molecule has 7 nitrogen and oxygen atoms in total. The fourth-order valence-corrected chi connectivity index (χ4v) is 3.33. The van der Waals surface area contributed by atoms with Gasteiger partial charge in [-0.1, -0.05) is 6.42 Å². The van der Waals surface area contributed by atoms with Gasteiger partial charge in [0, 0.05) is 19.2 Å². The van der Waals surface area contributed by atoms with Crippen molar-refractivity contribution in [3.05, 3.63) is 34.1 Å². The average molecular weight is 303 g/mol. The Morgan fingerprint density at radius 2 is 1.90 bits per heavy atom. The van der Waals surface area contributed by atoms with E-state index in [-0.39, 0.29) is 5.69 Å². The number of hydrogen-bond acceptors (Lipinski definition) is 4. The molecule has 0 aliphatic carbocycles. The van der Waals surface area contributed by atoms with Crippen LogP contribution in [0, 0.1) is 15.9 Å². The molecule has 0 bridgehead atoms. The number of anilines is 1. The van der Waals surface area contributed by atoms with E-state index in [1.165, 1.54) is 4.31 Å². The van der Waals surface area contributed by atoms with E-state index in [4.69, 9.17) is 0 Å². The number of benzene rings is 1. The molecule has 1 aromatic rings. The molecule has 0 unspecified atom stereocenters. The van der Waals surface area contributed by atoms with Crippen LogP contribution in [0.15, 0.2) is 18.2 Å². The van der Waals surface area contributed by atoms with E-state index >= 15 is 0 Å². The average Bonchev–Trinajstić information content (AvgIpc) is 2.41. The highest BCUT2D eigenvalue weighted by molar-refractivity contribution is 7.90. The summed E-state index contributed by atoms with van der Waals surface area (Å²) in [5.41, 5.74) is -0.785. The van der Waals surface area contributed by atoms with Gasteiger partial charge in [0.2, 0.25) is 5.82 Å². The van der Waals surface area contributed by atoms with Gasteiger partial charge in [0.25, 0.3) is 0 Å². The first-order chi connectivity index (χ1) is 9.40. The van der Waals surface area contributed by atoms with Crippen molar-refractivity contribution < 1.29 is 17.7 Å². The lowest BCUT2D eigenvalue weighted by Crippen LogP contribution is -2.39. The number of nitrogens with one attached hydrogen (secondary N) is 1. The Hall–Kier alpha value is -1.74. The molecule has 0 saturated carbocycles. The summed E-state index contributed by atoms with van der Waals surface area (Å²) in [6, 6.07) is 2.90. The van der Waals surface area contributed by atoms with Crippen LogP contribution in [-0.2, 0) is 10.2 Å². The largest absolute Gasteiger partial charge is 0.306 e. The van der Waals surface area contributed by atoms with E-state index in [1.807, 2.05) is 0 Å². The van der Waals surface area contributed by atoms with Crippen molar-refractivity contribution in [3.63, 3.8) is 0 Å². The lowest BCUT2D eigenvalue weighted by molar-refractivity contribution is -0.387. The van der Waals surface area contributed by atoms with Crippen molar-refractivity contribution in [1.82, 2.24) is 4.31 Å². The molecular formula is C11H14FN3O4S. The zero-order chi connectivity index (χ0) is 14.8. The van der Waals surface area contributed by atoms with E-state index in [2.05, 4.69) is 4.72 Å². The monoisotopic (exact) mass is 303 g/mol. The topological polar surface area (TPSA) is 92.5 Å². The number of piperidine rings is 1. The van der Waals surface area contributed by atoms with Crippen LogP contribution in [0.3, 0.4) is 0 Å². The van der Waals surface area contributed by atoms with Crippen LogP contribution in [0.25, 0.3) is 0 Å². The summed E-state index contributed by atoms with van der Waals surface area (Å²) in [4.78, 5) is 9.72. The van der Waals surface area contributed by atoms with Crippen molar-refractivity contribution in [3.8, 4) is 0 Å². The molecule has 0 atom stereocenters. The Morgan fingerprint density at radius 3 is 2.50 bits per heavy atom. The van der Waals surface area contributed by atoms with Crippen molar-refractivity contribution in [2.75, 3.05) is 17.8 Å². The second kappa shape index (κ2) is 5.71. The smallest absolute Gasteiger partial charge is 0.271 e. The normalized spacial score (nSPS) is 16.9. The highest BCUT2D eigenvalue weighted by Gasteiger charge is 2.24. The van der Waals surface area contributed by atoms with Gasteiger partial charge in [-0.15, -0.1) is 0 Å². The molecule has 1 aromatic carbocycles. The second-order valence-electron chi connectivity index (χ2n) is 4.49. The van der Waals surface area contributed by atoms with Crippen molar-refractivity contribution in [2.45, 2.75) is 19.3 Å². The number of rotatable bonds is 4. The molecule has 20 heavy (non-hydrogen) atoms. The number of nitrogens with zero attached hydrogens (tertiary/aromatic N) is 2. The molecule has 110 valence electrons. The summed E-state index contributed by atoms with van der Waals surface area (Å²) in [5, 5.41) is 10.6. The Labute approximate surface area is 115 Å². The molecule has 1 aliphatic heterocycles. The van der Waals surface area contributed by atoms with Crippen molar-refractivity contribution >= 4 is 21.6 Å². The minimum absolute atomic E-state index is 0.0244. The molecule has 9 heteroatoms. The van der Waals surface area contributed by atoms with Crippen LogP contribution in [0.1, 0.15) is 19.3 Å². The molecule has 0 aromatic heterocycles. The van der Waals surface area contributed by atoms with E-state index in [1.54, 1.807) is 0 Å². The van der Waals surface area contributed by atoms with Crippen molar-refractivity contribution in [2.24, 2.45) is 0 Å². The van der Waals surface area contributed by atoms with Gasteiger partial charge in [0.1, 0.15) is 0 Å². The Kier molecular flexibility index (Phi) is 4.19. The molecule has 1 aliphatic rings. The van der Waals surface area contributed by atoms with Gasteiger partial charge in [0.05, 0.1) is 10.6 Å². The summed E-state index contributed by atoms with van der Waals surface area (Å²) in [7, 11) is -3.75. The van der Waals surface area contributed by atoms with Gasteiger partial charge in [-0.25, -0.2) is 0 Å². The van der Waals surface area contributed by atoms with Crippen molar-refractivity contribution in [1.29, 1.82) is 0 Å². The molecule has 0 spiro atoms. The third-order valence-electron chi connectivity index (χ3n) is 3.04. The fourth-order valence-electron chi connectivity index (χ4n) is 2.03. The quantitative estimate of drug-likeness (QED) is 0.679. The fraction of sp³-hybridized carbons (Fsp3) is 0.455. The number of hydrogen-bond donors (Lipinski definition) is 1. The van der Waals surface area contributed by atoms with Crippen LogP contribution in [-0.4, -0.2) is 30.7 Å². The summed E-state index contributed by atoms with van der Waals surface area (Å²) in [5.74, 6) is -1.00. The maximum absolute atomic E-state index is 13.2. The van der Waals surface area contributed by atoms with E-state index < -0.39 is 26.6 Å². The molecule has 1 N–H and O–H groups in total. The van der Waals surface area contributed by atoms with Crippen LogP contribution < -0.4 is 4.72 Å². The van der Waals surface area contributed by atoms with E-state index in [0.29, 0.717) is 13.1 Å². The zero-order valence-electron chi connectivity index (χ0n) is 10.6. The maximum atomic E-state index is 13.2. The first kappa shape index (κ1) is 14.7. The standard InChI is InChI=1S/C11H14FN3O4S/c12-10-5-4-9(8-11(10)15(16)17)13-20(18,19)14-6-2-1-3-7-14/h4-5,8,13H,1-3,6-7H2.